The van der Waals surface area contributed by atoms with Gasteiger partial charge in [0, 0.05) is 5.02 Å². The van der Waals surface area contributed by atoms with Gasteiger partial charge in [0.2, 0.25) is 0 Å². The van der Waals surface area contributed by atoms with Gasteiger partial charge >= 0.3 is 5.97 Å². The summed E-state index contributed by atoms with van der Waals surface area (Å²) in [6, 6.07) is 13.2. The van der Waals surface area contributed by atoms with E-state index in [2.05, 4.69) is 6.58 Å². The van der Waals surface area contributed by atoms with E-state index in [1.165, 1.54) is 11.3 Å². The second-order valence-electron chi connectivity index (χ2n) is 6.55. The Labute approximate surface area is 171 Å². The number of hydroxylamine groups is 1. The molecule has 29 heavy (non-hydrogen) atoms. The first-order valence-electron chi connectivity index (χ1n) is 9.10. The van der Waals surface area contributed by atoms with Gasteiger partial charge in [0.05, 0.1) is 23.2 Å². The summed E-state index contributed by atoms with van der Waals surface area (Å²) >= 11 is 6.07. The van der Waals surface area contributed by atoms with Crippen molar-refractivity contribution in [3.8, 4) is 0 Å². The first-order valence-corrected chi connectivity index (χ1v) is 9.47. The van der Waals surface area contributed by atoms with Crippen molar-refractivity contribution in [2.45, 2.75) is 13.0 Å². The number of halogens is 1. The van der Waals surface area contributed by atoms with E-state index in [9.17, 15) is 9.59 Å². The standard InChI is InChI=1S/C22H18ClNO5/c1-3-27-22(26)19-13(2)29-24(15-7-5-4-6-8-15)20(19)17-12-28-18-10-9-14(23)11-16(18)21(17)25/h4-12,19-20H,2-3H2,1H3. The smallest absolute Gasteiger partial charge is 0.319 e. The van der Waals surface area contributed by atoms with E-state index in [-0.39, 0.29) is 23.4 Å². The predicted octanol–water partition coefficient (Wildman–Crippen LogP) is 4.63. The molecular weight excluding hydrogens is 394 g/mol. The molecule has 0 saturated carbocycles. The zero-order valence-corrected chi connectivity index (χ0v) is 16.4. The highest BCUT2D eigenvalue weighted by atomic mass is 35.5. The molecule has 2 heterocycles. The maximum atomic E-state index is 13.3. The quantitative estimate of drug-likeness (QED) is 0.583. The van der Waals surface area contributed by atoms with Gasteiger partial charge in [-0.2, -0.15) is 0 Å². The van der Waals surface area contributed by atoms with Gasteiger partial charge in [0.15, 0.2) is 5.43 Å². The summed E-state index contributed by atoms with van der Waals surface area (Å²) in [6.45, 7) is 5.79. The monoisotopic (exact) mass is 411 g/mol. The van der Waals surface area contributed by atoms with E-state index in [0.29, 0.717) is 21.7 Å². The Morgan fingerprint density at radius 2 is 2.00 bits per heavy atom. The average molecular weight is 412 g/mol. The van der Waals surface area contributed by atoms with E-state index in [0.717, 1.165) is 0 Å². The molecular formula is C22H18ClNO5. The van der Waals surface area contributed by atoms with Crippen LogP contribution >= 0.6 is 11.6 Å². The zero-order chi connectivity index (χ0) is 20.5. The number of anilines is 1. The second kappa shape index (κ2) is 7.64. The highest BCUT2D eigenvalue weighted by Crippen LogP contribution is 2.43. The number of hydrogen-bond donors (Lipinski definition) is 0. The second-order valence-corrected chi connectivity index (χ2v) is 6.99. The Kier molecular flexibility index (Phi) is 5.03. The molecule has 0 spiro atoms. The molecule has 0 radical (unpaired) electrons. The molecule has 2 atom stereocenters. The van der Waals surface area contributed by atoms with Crippen molar-refractivity contribution in [3.63, 3.8) is 0 Å². The van der Waals surface area contributed by atoms with Gasteiger partial charge in [-0.25, -0.2) is 5.06 Å². The highest BCUT2D eigenvalue weighted by molar-refractivity contribution is 6.31. The van der Waals surface area contributed by atoms with Crippen molar-refractivity contribution in [2.24, 2.45) is 5.92 Å². The summed E-state index contributed by atoms with van der Waals surface area (Å²) in [6.07, 6.45) is 1.35. The van der Waals surface area contributed by atoms with Crippen LogP contribution in [0, 0.1) is 5.92 Å². The van der Waals surface area contributed by atoms with E-state index in [1.807, 2.05) is 30.3 Å². The number of esters is 1. The van der Waals surface area contributed by atoms with Crippen LogP contribution < -0.4 is 10.5 Å². The summed E-state index contributed by atoms with van der Waals surface area (Å²) in [4.78, 5) is 31.8. The summed E-state index contributed by atoms with van der Waals surface area (Å²) in [5.41, 5.74) is 1.02. The van der Waals surface area contributed by atoms with Gasteiger partial charge in [-0.05, 0) is 37.3 Å². The van der Waals surface area contributed by atoms with Crippen molar-refractivity contribution in [3.05, 3.63) is 87.9 Å². The van der Waals surface area contributed by atoms with Crippen LogP contribution in [0.15, 0.2) is 76.3 Å². The fraction of sp³-hybridized carbons (Fsp3) is 0.182. The molecule has 3 aromatic rings. The largest absolute Gasteiger partial charge is 0.465 e. The van der Waals surface area contributed by atoms with Crippen LogP contribution in [0.4, 0.5) is 5.69 Å². The molecule has 2 unspecified atom stereocenters. The lowest BCUT2D eigenvalue weighted by molar-refractivity contribution is -0.147. The van der Waals surface area contributed by atoms with Crippen LogP contribution in [0.1, 0.15) is 18.5 Å². The van der Waals surface area contributed by atoms with Crippen molar-refractivity contribution in [2.75, 3.05) is 11.7 Å². The number of carbonyl (C=O) groups is 1. The third kappa shape index (κ3) is 3.36. The van der Waals surface area contributed by atoms with Crippen molar-refractivity contribution >= 4 is 34.2 Å². The Bertz CT molecular complexity index is 1140. The van der Waals surface area contributed by atoms with E-state index in [1.54, 1.807) is 25.1 Å². The van der Waals surface area contributed by atoms with Gasteiger partial charge in [0.25, 0.3) is 0 Å². The van der Waals surface area contributed by atoms with Gasteiger partial charge < -0.3 is 14.0 Å². The third-order valence-corrected chi connectivity index (χ3v) is 5.00. The van der Waals surface area contributed by atoms with Crippen LogP contribution in [0.5, 0.6) is 0 Å². The normalized spacial score (nSPS) is 18.7. The fourth-order valence-corrected chi connectivity index (χ4v) is 3.63. The van der Waals surface area contributed by atoms with Gasteiger partial charge in [-0.3, -0.25) is 9.59 Å². The number of benzene rings is 2. The zero-order valence-electron chi connectivity index (χ0n) is 15.6. The lowest BCUT2D eigenvalue weighted by atomic mass is 9.92. The summed E-state index contributed by atoms with van der Waals surface area (Å²) in [5.74, 6) is -1.22. The molecule has 0 bridgehead atoms. The maximum absolute atomic E-state index is 13.3. The number of fused-ring (bicyclic) bond motifs is 1. The molecule has 0 aliphatic carbocycles. The minimum absolute atomic E-state index is 0.197. The molecule has 4 rings (SSSR count). The van der Waals surface area contributed by atoms with Gasteiger partial charge in [-0.1, -0.05) is 36.4 Å². The number of para-hydroxylation sites is 1. The summed E-state index contributed by atoms with van der Waals surface area (Å²) in [5, 5.41) is 2.23. The molecule has 7 heteroatoms. The van der Waals surface area contributed by atoms with Crippen LogP contribution in [0.2, 0.25) is 5.02 Å². The Morgan fingerprint density at radius 3 is 2.72 bits per heavy atom. The number of rotatable bonds is 4. The van der Waals surface area contributed by atoms with Crippen molar-refractivity contribution < 1.29 is 18.8 Å². The lowest BCUT2D eigenvalue weighted by Gasteiger charge is -2.25. The molecule has 148 valence electrons. The topological polar surface area (TPSA) is 69.0 Å². The Hall–Kier alpha value is -3.25. The summed E-state index contributed by atoms with van der Waals surface area (Å²) in [7, 11) is 0. The third-order valence-electron chi connectivity index (χ3n) is 4.76. The molecule has 0 amide bonds. The lowest BCUT2D eigenvalue weighted by Crippen LogP contribution is -2.32. The molecule has 1 aromatic heterocycles. The highest BCUT2D eigenvalue weighted by Gasteiger charge is 2.47. The maximum Gasteiger partial charge on any atom is 0.319 e. The molecule has 1 aliphatic heterocycles. The van der Waals surface area contributed by atoms with E-state index >= 15 is 0 Å². The van der Waals surface area contributed by atoms with Crippen LogP contribution in [-0.2, 0) is 14.4 Å². The number of ether oxygens (including phenoxy) is 1. The number of nitrogens with zero attached hydrogens (tertiary/aromatic N) is 1. The predicted molar refractivity (Wildman–Crippen MR) is 110 cm³/mol. The minimum Gasteiger partial charge on any atom is -0.465 e. The van der Waals surface area contributed by atoms with Crippen molar-refractivity contribution in [1.82, 2.24) is 0 Å². The first-order chi connectivity index (χ1) is 14.0. The molecule has 6 nitrogen and oxygen atoms in total. The van der Waals surface area contributed by atoms with Gasteiger partial charge in [-0.15, -0.1) is 0 Å². The fourth-order valence-electron chi connectivity index (χ4n) is 3.46. The first kappa shape index (κ1) is 19.1. The van der Waals surface area contributed by atoms with Crippen LogP contribution in [0.3, 0.4) is 0 Å². The minimum atomic E-state index is -0.894. The molecule has 1 saturated heterocycles. The molecule has 1 aliphatic rings. The van der Waals surface area contributed by atoms with E-state index < -0.39 is 17.9 Å². The average Bonchev–Trinajstić information content (AvgIpc) is 3.06. The molecule has 1 fully saturated rings. The molecule has 0 N–H and O–H groups in total. The van der Waals surface area contributed by atoms with Crippen LogP contribution in [0.25, 0.3) is 11.0 Å². The van der Waals surface area contributed by atoms with Crippen molar-refractivity contribution in [1.29, 1.82) is 0 Å². The SMILES string of the molecule is C=C1ON(c2ccccc2)C(c2coc3ccc(Cl)cc3c2=O)C1C(=O)OCC. The van der Waals surface area contributed by atoms with Gasteiger partial charge in [0.1, 0.15) is 29.6 Å². The Morgan fingerprint density at radius 1 is 1.24 bits per heavy atom. The van der Waals surface area contributed by atoms with E-state index in [4.69, 9.17) is 25.6 Å². The van der Waals surface area contributed by atoms with Crippen LogP contribution in [-0.4, -0.2) is 12.6 Å². The summed E-state index contributed by atoms with van der Waals surface area (Å²) < 4.78 is 10.9. The Balaban J connectivity index is 1.90. The number of hydrogen-bond acceptors (Lipinski definition) is 6. The number of carbonyl (C=O) groups excluding carboxylic acids is 1. The molecule has 2 aromatic carbocycles.